The van der Waals surface area contributed by atoms with E-state index in [0.717, 1.165) is 4.31 Å². The first-order valence-electron chi connectivity index (χ1n) is 6.51. The van der Waals surface area contributed by atoms with E-state index in [1.807, 2.05) is 0 Å². The van der Waals surface area contributed by atoms with Crippen molar-refractivity contribution in [3.63, 3.8) is 0 Å². The number of esters is 1. The van der Waals surface area contributed by atoms with Crippen LogP contribution < -0.4 is 11.1 Å². The second-order valence-corrected chi connectivity index (χ2v) is 6.48. The summed E-state index contributed by atoms with van der Waals surface area (Å²) < 4.78 is 30.2. The highest BCUT2D eigenvalue weighted by molar-refractivity contribution is 7.89. The smallest absolute Gasteiger partial charge is 0.322 e. The topological polar surface area (TPSA) is 119 Å². The van der Waals surface area contributed by atoms with Crippen molar-refractivity contribution < 1.29 is 22.7 Å². The number of nitrogens with one attached hydrogen (secondary N) is 1. The van der Waals surface area contributed by atoms with Gasteiger partial charge in [0.2, 0.25) is 15.9 Å². The Bertz CT molecular complexity index is 445. The first kappa shape index (κ1) is 16.9. The Kier molecular flexibility index (Phi) is 6.37. The maximum absolute atomic E-state index is 12.2. The molecule has 1 aliphatic heterocycles. The Morgan fingerprint density at radius 1 is 1.35 bits per heavy atom. The Labute approximate surface area is 118 Å². The van der Waals surface area contributed by atoms with E-state index >= 15 is 0 Å². The summed E-state index contributed by atoms with van der Waals surface area (Å²) in [7, 11) is -3.91. The number of carbonyl (C=O) groups is 2. The molecule has 20 heavy (non-hydrogen) atoms. The van der Waals surface area contributed by atoms with Gasteiger partial charge in [-0.3, -0.25) is 9.59 Å². The summed E-state index contributed by atoms with van der Waals surface area (Å²) >= 11 is 0. The molecule has 0 aromatic rings. The average Bonchev–Trinajstić information content (AvgIpc) is 2.36. The summed E-state index contributed by atoms with van der Waals surface area (Å²) in [4.78, 5) is 22.5. The fourth-order valence-corrected chi connectivity index (χ4v) is 3.67. The van der Waals surface area contributed by atoms with E-state index in [9.17, 15) is 18.0 Å². The summed E-state index contributed by atoms with van der Waals surface area (Å²) in [6.07, 6.45) is 1.16. The molecule has 1 heterocycles. The van der Waals surface area contributed by atoms with Gasteiger partial charge >= 0.3 is 5.97 Å². The predicted octanol–water partition coefficient (Wildman–Crippen LogP) is -1.58. The van der Waals surface area contributed by atoms with Crippen LogP contribution in [-0.2, 0) is 24.3 Å². The second kappa shape index (κ2) is 7.55. The molecule has 0 aromatic heterocycles. The third-order valence-electron chi connectivity index (χ3n) is 2.99. The maximum Gasteiger partial charge on any atom is 0.322 e. The molecule has 1 saturated heterocycles. The number of hydrogen-bond acceptors (Lipinski definition) is 6. The Balaban J connectivity index is 2.84. The predicted molar refractivity (Wildman–Crippen MR) is 72.2 cm³/mol. The van der Waals surface area contributed by atoms with E-state index in [1.165, 1.54) is 0 Å². The van der Waals surface area contributed by atoms with Crippen molar-refractivity contribution in [2.24, 2.45) is 5.73 Å². The highest BCUT2D eigenvalue weighted by Crippen LogP contribution is 2.16. The van der Waals surface area contributed by atoms with Crippen molar-refractivity contribution in [2.45, 2.75) is 25.8 Å². The van der Waals surface area contributed by atoms with Gasteiger partial charge in [0.05, 0.1) is 13.2 Å². The molecule has 0 saturated carbocycles. The van der Waals surface area contributed by atoms with Crippen molar-refractivity contribution in [3.8, 4) is 0 Å². The number of nitrogens with two attached hydrogens (primary N) is 1. The van der Waals surface area contributed by atoms with Gasteiger partial charge in [-0.1, -0.05) is 0 Å². The lowest BCUT2D eigenvalue weighted by molar-refractivity contribution is -0.140. The van der Waals surface area contributed by atoms with Crippen LogP contribution in [0.4, 0.5) is 0 Å². The minimum Gasteiger partial charge on any atom is -0.465 e. The van der Waals surface area contributed by atoms with Crippen LogP contribution in [-0.4, -0.2) is 62.6 Å². The fraction of sp³-hybridized carbons (Fsp3) is 0.818. The van der Waals surface area contributed by atoms with Gasteiger partial charge in [-0.2, -0.15) is 4.31 Å². The highest BCUT2D eigenvalue weighted by Gasteiger charge is 2.34. The number of sulfonamides is 1. The molecule has 1 fully saturated rings. The van der Waals surface area contributed by atoms with Crippen molar-refractivity contribution >= 4 is 21.9 Å². The van der Waals surface area contributed by atoms with Crippen LogP contribution in [0.2, 0.25) is 0 Å². The minimum absolute atomic E-state index is 0.109. The van der Waals surface area contributed by atoms with Gasteiger partial charge in [0.25, 0.3) is 0 Å². The first-order valence-corrected chi connectivity index (χ1v) is 8.12. The standard InChI is InChI=1S/C11H21N3O5S/c1-2-19-11(16)8-20(17,18)14(7-10(12)15)9-3-5-13-6-4-9/h9,13H,2-8H2,1H3,(H2,12,15). The zero-order valence-corrected chi connectivity index (χ0v) is 12.3. The number of rotatable bonds is 7. The van der Waals surface area contributed by atoms with Crippen molar-refractivity contribution in [1.29, 1.82) is 0 Å². The van der Waals surface area contributed by atoms with Crippen LogP contribution in [0, 0.1) is 0 Å². The second-order valence-electron chi connectivity index (χ2n) is 4.55. The largest absolute Gasteiger partial charge is 0.465 e. The van der Waals surface area contributed by atoms with Gasteiger partial charge in [-0.15, -0.1) is 0 Å². The molecule has 116 valence electrons. The van der Waals surface area contributed by atoms with Gasteiger partial charge in [0.1, 0.15) is 0 Å². The molecule has 8 nitrogen and oxygen atoms in total. The van der Waals surface area contributed by atoms with E-state index < -0.39 is 34.2 Å². The Morgan fingerprint density at radius 3 is 2.45 bits per heavy atom. The zero-order chi connectivity index (χ0) is 15.2. The normalized spacial score (nSPS) is 17.1. The zero-order valence-electron chi connectivity index (χ0n) is 11.5. The molecule has 1 aliphatic rings. The van der Waals surface area contributed by atoms with E-state index in [-0.39, 0.29) is 12.6 Å². The molecule has 3 N–H and O–H groups in total. The lowest BCUT2D eigenvalue weighted by Crippen LogP contribution is -2.50. The number of primary amides is 1. The van der Waals surface area contributed by atoms with Gasteiger partial charge in [0.15, 0.2) is 5.75 Å². The highest BCUT2D eigenvalue weighted by atomic mass is 32.2. The first-order chi connectivity index (χ1) is 9.36. The van der Waals surface area contributed by atoms with E-state index in [4.69, 9.17) is 5.73 Å². The number of piperidine rings is 1. The van der Waals surface area contributed by atoms with Gasteiger partial charge in [-0.25, -0.2) is 8.42 Å². The molecule has 1 rings (SSSR count). The molecule has 0 unspecified atom stereocenters. The number of hydrogen-bond donors (Lipinski definition) is 2. The van der Waals surface area contributed by atoms with Crippen LogP contribution in [0.3, 0.4) is 0 Å². The monoisotopic (exact) mass is 307 g/mol. The van der Waals surface area contributed by atoms with Gasteiger partial charge in [0, 0.05) is 6.04 Å². The third-order valence-corrected chi connectivity index (χ3v) is 4.73. The molecule has 1 amide bonds. The quantitative estimate of drug-likeness (QED) is 0.548. The van der Waals surface area contributed by atoms with Crippen LogP contribution in [0.15, 0.2) is 0 Å². The summed E-state index contributed by atoms with van der Waals surface area (Å²) in [5.41, 5.74) is 5.11. The molecule has 0 bridgehead atoms. The van der Waals surface area contributed by atoms with E-state index in [1.54, 1.807) is 6.92 Å². The molecule has 0 atom stereocenters. The van der Waals surface area contributed by atoms with Gasteiger partial charge in [-0.05, 0) is 32.9 Å². The van der Waals surface area contributed by atoms with Gasteiger partial charge < -0.3 is 15.8 Å². The van der Waals surface area contributed by atoms with Crippen LogP contribution in [0.25, 0.3) is 0 Å². The van der Waals surface area contributed by atoms with Crippen LogP contribution >= 0.6 is 0 Å². The summed E-state index contributed by atoms with van der Waals surface area (Å²) in [6.45, 7) is 2.62. The average molecular weight is 307 g/mol. The van der Waals surface area contributed by atoms with Crippen molar-refractivity contribution in [3.05, 3.63) is 0 Å². The number of nitrogens with zero attached hydrogens (tertiary/aromatic N) is 1. The SMILES string of the molecule is CCOC(=O)CS(=O)(=O)N(CC(N)=O)C1CCNCC1. The van der Waals surface area contributed by atoms with Crippen molar-refractivity contribution in [1.82, 2.24) is 9.62 Å². The van der Waals surface area contributed by atoms with Crippen LogP contribution in [0.5, 0.6) is 0 Å². The number of amides is 1. The molecule has 0 radical (unpaired) electrons. The summed E-state index contributed by atoms with van der Waals surface area (Å²) in [5.74, 6) is -2.33. The van der Waals surface area contributed by atoms with E-state index in [2.05, 4.69) is 10.1 Å². The van der Waals surface area contributed by atoms with Crippen molar-refractivity contribution in [2.75, 3.05) is 32.0 Å². The lowest BCUT2D eigenvalue weighted by Gasteiger charge is -2.32. The summed E-state index contributed by atoms with van der Waals surface area (Å²) in [6, 6.07) is -0.317. The number of ether oxygens (including phenoxy) is 1. The molecule has 0 spiro atoms. The molecular weight excluding hydrogens is 286 g/mol. The minimum atomic E-state index is -3.91. The molecule has 0 aromatic carbocycles. The van der Waals surface area contributed by atoms with E-state index in [0.29, 0.717) is 25.9 Å². The molecule has 9 heteroatoms. The molecular formula is C11H21N3O5S. The Morgan fingerprint density at radius 2 is 1.95 bits per heavy atom. The number of carbonyl (C=O) groups excluding carboxylic acids is 2. The Hall–Kier alpha value is -1.19. The lowest BCUT2D eigenvalue weighted by atomic mass is 10.1. The summed E-state index contributed by atoms with van der Waals surface area (Å²) in [5, 5.41) is 3.11. The fourth-order valence-electron chi connectivity index (χ4n) is 2.14. The molecule has 0 aliphatic carbocycles. The maximum atomic E-state index is 12.2. The van der Waals surface area contributed by atoms with Crippen LogP contribution in [0.1, 0.15) is 19.8 Å². The third kappa shape index (κ3) is 5.06.